The monoisotopic (exact) mass is 425 g/mol. The zero-order valence-corrected chi connectivity index (χ0v) is 18.5. The van der Waals surface area contributed by atoms with Crippen LogP contribution in [0.1, 0.15) is 71.9 Å². The fraction of sp³-hybridized carbons (Fsp3) is 0.500. The summed E-state index contributed by atoms with van der Waals surface area (Å²) < 4.78 is 0. The van der Waals surface area contributed by atoms with Gasteiger partial charge in [0.2, 0.25) is 0 Å². The van der Waals surface area contributed by atoms with Gasteiger partial charge in [-0.1, -0.05) is 32.3 Å². The van der Waals surface area contributed by atoms with Crippen LogP contribution in [0.5, 0.6) is 0 Å². The largest absolute Gasteiger partial charge is 0.371 e. The van der Waals surface area contributed by atoms with E-state index in [9.17, 15) is 9.59 Å². The number of rotatable bonds is 5. The Hall–Kier alpha value is -2.34. The van der Waals surface area contributed by atoms with Gasteiger partial charge in [-0.15, -0.1) is 11.3 Å². The van der Waals surface area contributed by atoms with Gasteiger partial charge in [0.1, 0.15) is 0 Å². The molecular formula is C24H31N3O2S. The summed E-state index contributed by atoms with van der Waals surface area (Å²) in [7, 11) is 0. The van der Waals surface area contributed by atoms with E-state index < -0.39 is 0 Å². The first kappa shape index (κ1) is 20.9. The minimum absolute atomic E-state index is 0.0252. The van der Waals surface area contributed by atoms with Crippen molar-refractivity contribution >= 4 is 34.5 Å². The summed E-state index contributed by atoms with van der Waals surface area (Å²) in [5, 5.41) is 8.10. The van der Waals surface area contributed by atoms with Crippen molar-refractivity contribution in [2.75, 3.05) is 23.3 Å². The number of anilines is 2. The second-order valence-corrected chi connectivity index (χ2v) is 9.59. The van der Waals surface area contributed by atoms with E-state index in [2.05, 4.69) is 22.5 Å². The second-order valence-electron chi connectivity index (χ2n) is 8.64. The van der Waals surface area contributed by atoms with Crippen molar-refractivity contribution in [1.29, 1.82) is 0 Å². The third-order valence-corrected chi connectivity index (χ3v) is 7.18. The highest BCUT2D eigenvalue weighted by Crippen LogP contribution is 2.29. The van der Waals surface area contributed by atoms with E-state index in [1.54, 1.807) is 6.07 Å². The summed E-state index contributed by atoms with van der Waals surface area (Å²) in [6.45, 7) is 4.22. The molecule has 2 aromatic rings. The number of carbonyl (C=O) groups is 2. The molecule has 160 valence electrons. The molecule has 0 radical (unpaired) electrons. The van der Waals surface area contributed by atoms with Crippen LogP contribution in [0.4, 0.5) is 11.4 Å². The van der Waals surface area contributed by atoms with E-state index in [0.29, 0.717) is 16.1 Å². The maximum Gasteiger partial charge on any atom is 0.265 e. The van der Waals surface area contributed by atoms with Crippen LogP contribution in [-0.2, 0) is 0 Å². The van der Waals surface area contributed by atoms with Crippen molar-refractivity contribution in [3.63, 3.8) is 0 Å². The number of thiophene rings is 1. The lowest BCUT2D eigenvalue weighted by atomic mass is 9.95. The average molecular weight is 426 g/mol. The van der Waals surface area contributed by atoms with E-state index in [1.165, 1.54) is 30.6 Å². The molecule has 1 saturated carbocycles. The van der Waals surface area contributed by atoms with Crippen molar-refractivity contribution < 1.29 is 9.59 Å². The molecule has 0 unspecified atom stereocenters. The van der Waals surface area contributed by atoms with Gasteiger partial charge in [0.15, 0.2) is 0 Å². The Morgan fingerprint density at radius 2 is 1.77 bits per heavy atom. The smallest absolute Gasteiger partial charge is 0.265 e. The first-order chi connectivity index (χ1) is 14.6. The molecule has 1 saturated heterocycles. The molecule has 0 atom stereocenters. The first-order valence-corrected chi connectivity index (χ1v) is 12.0. The molecular weight excluding hydrogens is 394 g/mol. The van der Waals surface area contributed by atoms with Crippen LogP contribution in [0.2, 0.25) is 0 Å². The molecule has 0 spiro atoms. The Morgan fingerprint density at radius 1 is 1.00 bits per heavy atom. The molecule has 1 aliphatic heterocycles. The Morgan fingerprint density at radius 3 is 2.47 bits per heavy atom. The van der Waals surface area contributed by atoms with E-state index in [4.69, 9.17) is 0 Å². The average Bonchev–Trinajstić information content (AvgIpc) is 3.30. The number of carbonyl (C=O) groups excluding carboxylic acids is 2. The highest BCUT2D eigenvalue weighted by atomic mass is 32.1. The lowest BCUT2D eigenvalue weighted by Gasteiger charge is -2.34. The SMILES string of the molecule is CC1CCN(c2ccc(NC(=O)c3cccs3)cc2C(=O)NC2CCCCC2)CC1. The van der Waals surface area contributed by atoms with Gasteiger partial charge in [0.25, 0.3) is 11.8 Å². The molecule has 2 fully saturated rings. The van der Waals surface area contributed by atoms with Crippen LogP contribution in [0.3, 0.4) is 0 Å². The highest BCUT2D eigenvalue weighted by molar-refractivity contribution is 7.12. The molecule has 1 aromatic heterocycles. The van der Waals surface area contributed by atoms with Gasteiger partial charge in [0, 0.05) is 30.5 Å². The molecule has 30 heavy (non-hydrogen) atoms. The van der Waals surface area contributed by atoms with Crippen LogP contribution in [0.15, 0.2) is 35.7 Å². The quantitative estimate of drug-likeness (QED) is 0.683. The van der Waals surface area contributed by atoms with E-state index >= 15 is 0 Å². The number of hydrogen-bond acceptors (Lipinski definition) is 4. The molecule has 2 aliphatic rings. The van der Waals surface area contributed by atoms with Crippen LogP contribution >= 0.6 is 11.3 Å². The van der Waals surface area contributed by atoms with Crippen LogP contribution in [0, 0.1) is 5.92 Å². The standard InChI is InChI=1S/C24H31N3O2S/c1-17-11-13-27(14-12-17)21-10-9-19(26-24(29)22-8-5-15-30-22)16-20(21)23(28)25-18-6-3-2-4-7-18/h5,8-10,15-18H,2-4,6-7,11-14H2,1H3,(H,25,28)(H,26,29). The van der Waals surface area contributed by atoms with Gasteiger partial charge in [-0.3, -0.25) is 9.59 Å². The van der Waals surface area contributed by atoms with Gasteiger partial charge in [0.05, 0.1) is 10.4 Å². The highest BCUT2D eigenvalue weighted by Gasteiger charge is 2.24. The van der Waals surface area contributed by atoms with Crippen molar-refractivity contribution in [2.45, 2.75) is 57.9 Å². The number of piperidine rings is 1. The summed E-state index contributed by atoms with van der Waals surface area (Å²) >= 11 is 1.41. The third kappa shape index (κ3) is 5.04. The zero-order chi connectivity index (χ0) is 20.9. The molecule has 5 nitrogen and oxygen atoms in total. The van der Waals surface area contributed by atoms with E-state index in [0.717, 1.165) is 50.4 Å². The summed E-state index contributed by atoms with van der Waals surface area (Å²) in [5.74, 6) is 0.566. The van der Waals surface area contributed by atoms with Gasteiger partial charge in [-0.25, -0.2) is 0 Å². The van der Waals surface area contributed by atoms with E-state index in [1.807, 2.05) is 29.6 Å². The molecule has 2 heterocycles. The predicted octanol–water partition coefficient (Wildman–Crippen LogP) is 5.30. The normalized spacial score (nSPS) is 18.2. The lowest BCUT2D eigenvalue weighted by molar-refractivity contribution is 0.0927. The Balaban J connectivity index is 1.57. The summed E-state index contributed by atoms with van der Waals surface area (Å²) in [6, 6.07) is 9.68. The van der Waals surface area contributed by atoms with Gasteiger partial charge in [-0.05, 0) is 61.2 Å². The molecule has 6 heteroatoms. The van der Waals surface area contributed by atoms with Gasteiger partial charge in [-0.2, -0.15) is 0 Å². The minimum atomic E-state index is -0.136. The third-order valence-electron chi connectivity index (χ3n) is 6.31. The number of benzene rings is 1. The first-order valence-electron chi connectivity index (χ1n) is 11.1. The number of nitrogens with one attached hydrogen (secondary N) is 2. The number of amides is 2. The van der Waals surface area contributed by atoms with Crippen molar-refractivity contribution in [3.8, 4) is 0 Å². The Bertz CT molecular complexity index is 867. The van der Waals surface area contributed by atoms with Crippen LogP contribution in [0.25, 0.3) is 0 Å². The number of hydrogen-bond donors (Lipinski definition) is 2. The molecule has 2 N–H and O–H groups in total. The number of nitrogens with zero attached hydrogens (tertiary/aromatic N) is 1. The fourth-order valence-electron chi connectivity index (χ4n) is 4.43. The van der Waals surface area contributed by atoms with Gasteiger partial charge >= 0.3 is 0 Å². The topological polar surface area (TPSA) is 61.4 Å². The predicted molar refractivity (Wildman–Crippen MR) is 124 cm³/mol. The summed E-state index contributed by atoms with van der Waals surface area (Å²) in [4.78, 5) is 28.7. The lowest BCUT2D eigenvalue weighted by Crippen LogP contribution is -2.38. The fourth-order valence-corrected chi connectivity index (χ4v) is 5.05. The Kier molecular flexibility index (Phi) is 6.72. The van der Waals surface area contributed by atoms with E-state index in [-0.39, 0.29) is 17.9 Å². The van der Waals surface area contributed by atoms with Crippen molar-refractivity contribution in [3.05, 3.63) is 46.2 Å². The molecule has 2 amide bonds. The molecule has 0 bridgehead atoms. The second kappa shape index (κ2) is 9.65. The molecule has 4 rings (SSSR count). The van der Waals surface area contributed by atoms with Crippen LogP contribution < -0.4 is 15.5 Å². The molecule has 1 aromatic carbocycles. The summed E-state index contributed by atoms with van der Waals surface area (Å²) in [6.07, 6.45) is 8.00. The summed E-state index contributed by atoms with van der Waals surface area (Å²) in [5.41, 5.74) is 2.31. The minimum Gasteiger partial charge on any atom is -0.371 e. The molecule has 1 aliphatic carbocycles. The maximum absolute atomic E-state index is 13.3. The Labute approximate surface area is 182 Å². The zero-order valence-electron chi connectivity index (χ0n) is 17.7. The maximum atomic E-state index is 13.3. The van der Waals surface area contributed by atoms with Crippen molar-refractivity contribution in [1.82, 2.24) is 5.32 Å². The van der Waals surface area contributed by atoms with Crippen molar-refractivity contribution in [2.24, 2.45) is 5.92 Å². The van der Waals surface area contributed by atoms with Gasteiger partial charge < -0.3 is 15.5 Å². The van der Waals surface area contributed by atoms with Crippen LogP contribution in [-0.4, -0.2) is 30.9 Å².